The van der Waals surface area contributed by atoms with E-state index in [1.807, 2.05) is 16.9 Å². The lowest BCUT2D eigenvalue weighted by atomic mass is 10.1. The van der Waals surface area contributed by atoms with Crippen molar-refractivity contribution in [3.05, 3.63) is 47.3 Å². The highest BCUT2D eigenvalue weighted by molar-refractivity contribution is 5.85. The van der Waals surface area contributed by atoms with E-state index in [-0.39, 0.29) is 0 Å². The van der Waals surface area contributed by atoms with Crippen LogP contribution in [0.25, 0.3) is 11.6 Å². The number of benzene rings is 1. The van der Waals surface area contributed by atoms with Crippen LogP contribution in [0.15, 0.2) is 30.5 Å². The Kier molecular flexibility index (Phi) is 2.90. The minimum atomic E-state index is 0.405. The number of hydrogen-bond donors (Lipinski definition) is 1. The number of aromatic nitrogens is 2. The molecule has 98 valence electrons. The van der Waals surface area contributed by atoms with E-state index in [0.717, 1.165) is 24.2 Å². The zero-order valence-corrected chi connectivity index (χ0v) is 11.4. The smallest absolute Gasteiger partial charge is 0.0853 e. The average molecular weight is 253 g/mol. The van der Waals surface area contributed by atoms with Gasteiger partial charge in [0.05, 0.1) is 5.69 Å². The molecule has 1 aromatic heterocycles. The number of rotatable bonds is 2. The molecule has 0 atom stereocenters. The van der Waals surface area contributed by atoms with Crippen molar-refractivity contribution in [2.75, 3.05) is 5.73 Å². The quantitative estimate of drug-likeness (QED) is 0.832. The van der Waals surface area contributed by atoms with Crippen molar-refractivity contribution in [1.82, 2.24) is 9.78 Å². The zero-order chi connectivity index (χ0) is 13.4. The maximum absolute atomic E-state index is 5.83. The monoisotopic (exact) mass is 253 g/mol. The van der Waals surface area contributed by atoms with Crippen LogP contribution in [0.5, 0.6) is 0 Å². The van der Waals surface area contributed by atoms with Crippen molar-refractivity contribution in [2.24, 2.45) is 0 Å². The number of fused-ring (bicyclic) bond motifs is 1. The summed E-state index contributed by atoms with van der Waals surface area (Å²) in [5.41, 5.74) is 11.8. The van der Waals surface area contributed by atoms with Gasteiger partial charge in [-0.2, -0.15) is 5.10 Å². The first-order chi connectivity index (χ1) is 9.13. The van der Waals surface area contributed by atoms with Crippen LogP contribution < -0.4 is 5.73 Å². The summed E-state index contributed by atoms with van der Waals surface area (Å²) in [4.78, 5) is 0. The summed E-state index contributed by atoms with van der Waals surface area (Å²) < 4.78 is 1.99. The SMILES string of the molecule is CC(C)n1ccc(C=C2CCc3cc(N)ccc32)n1. The molecule has 1 heterocycles. The molecular weight excluding hydrogens is 234 g/mol. The second-order valence-corrected chi connectivity index (χ2v) is 5.40. The lowest BCUT2D eigenvalue weighted by molar-refractivity contribution is 0.531. The molecule has 1 aliphatic rings. The maximum atomic E-state index is 5.83. The third kappa shape index (κ3) is 2.28. The van der Waals surface area contributed by atoms with Crippen LogP contribution >= 0.6 is 0 Å². The van der Waals surface area contributed by atoms with Gasteiger partial charge in [-0.15, -0.1) is 0 Å². The van der Waals surface area contributed by atoms with Crippen LogP contribution in [0.3, 0.4) is 0 Å². The lowest BCUT2D eigenvalue weighted by Gasteiger charge is -2.03. The highest BCUT2D eigenvalue weighted by Crippen LogP contribution is 2.34. The maximum Gasteiger partial charge on any atom is 0.0853 e. The van der Waals surface area contributed by atoms with Crippen molar-refractivity contribution in [3.8, 4) is 0 Å². The van der Waals surface area contributed by atoms with Gasteiger partial charge < -0.3 is 5.73 Å². The molecule has 1 aliphatic carbocycles. The third-order valence-electron chi connectivity index (χ3n) is 3.62. The molecule has 0 bridgehead atoms. The summed E-state index contributed by atoms with van der Waals surface area (Å²) in [7, 11) is 0. The van der Waals surface area contributed by atoms with E-state index >= 15 is 0 Å². The summed E-state index contributed by atoms with van der Waals surface area (Å²) >= 11 is 0. The van der Waals surface area contributed by atoms with Crippen LogP contribution in [-0.4, -0.2) is 9.78 Å². The Morgan fingerprint density at radius 1 is 1.26 bits per heavy atom. The minimum absolute atomic E-state index is 0.405. The van der Waals surface area contributed by atoms with Crippen molar-refractivity contribution in [1.29, 1.82) is 0 Å². The summed E-state index contributed by atoms with van der Waals surface area (Å²) in [5.74, 6) is 0. The van der Waals surface area contributed by atoms with Crippen LogP contribution in [0, 0.1) is 0 Å². The predicted octanol–water partition coefficient (Wildman–Crippen LogP) is 3.53. The van der Waals surface area contributed by atoms with Gasteiger partial charge in [0.1, 0.15) is 0 Å². The van der Waals surface area contributed by atoms with Gasteiger partial charge in [0.25, 0.3) is 0 Å². The number of nitrogens with two attached hydrogens (primary N) is 1. The van der Waals surface area contributed by atoms with E-state index in [9.17, 15) is 0 Å². The van der Waals surface area contributed by atoms with E-state index in [1.165, 1.54) is 16.7 Å². The first-order valence-corrected chi connectivity index (χ1v) is 6.78. The summed E-state index contributed by atoms with van der Waals surface area (Å²) in [6.45, 7) is 4.27. The second-order valence-electron chi connectivity index (χ2n) is 5.40. The number of allylic oxidation sites excluding steroid dienone is 1. The Morgan fingerprint density at radius 3 is 2.84 bits per heavy atom. The van der Waals surface area contributed by atoms with Gasteiger partial charge in [-0.1, -0.05) is 6.07 Å². The molecule has 0 aliphatic heterocycles. The van der Waals surface area contributed by atoms with Crippen LogP contribution in [0.2, 0.25) is 0 Å². The fourth-order valence-electron chi connectivity index (χ4n) is 2.58. The molecule has 2 aromatic rings. The van der Waals surface area contributed by atoms with Crippen molar-refractivity contribution in [2.45, 2.75) is 32.7 Å². The molecule has 0 saturated heterocycles. The zero-order valence-electron chi connectivity index (χ0n) is 11.4. The lowest BCUT2D eigenvalue weighted by Crippen LogP contribution is -2.00. The molecule has 1 aromatic carbocycles. The second kappa shape index (κ2) is 4.57. The van der Waals surface area contributed by atoms with Gasteiger partial charge in [0.15, 0.2) is 0 Å². The number of nitrogen functional groups attached to an aromatic ring is 1. The molecule has 0 unspecified atom stereocenters. The summed E-state index contributed by atoms with van der Waals surface area (Å²) in [6, 6.07) is 8.67. The highest BCUT2D eigenvalue weighted by Gasteiger charge is 2.16. The van der Waals surface area contributed by atoms with Crippen LogP contribution in [-0.2, 0) is 6.42 Å². The van der Waals surface area contributed by atoms with E-state index in [2.05, 4.69) is 43.2 Å². The molecule has 19 heavy (non-hydrogen) atoms. The molecular formula is C16H19N3. The molecule has 3 heteroatoms. The largest absolute Gasteiger partial charge is 0.399 e. The first kappa shape index (κ1) is 12.0. The summed E-state index contributed by atoms with van der Waals surface area (Å²) in [5, 5.41) is 4.58. The van der Waals surface area contributed by atoms with E-state index < -0.39 is 0 Å². The van der Waals surface area contributed by atoms with E-state index in [4.69, 9.17) is 5.73 Å². The molecule has 0 amide bonds. The number of nitrogens with zero attached hydrogens (tertiary/aromatic N) is 2. The Balaban J connectivity index is 1.94. The Bertz CT molecular complexity index is 635. The minimum Gasteiger partial charge on any atom is -0.399 e. The molecule has 2 N–H and O–H groups in total. The molecule has 0 radical (unpaired) electrons. The van der Waals surface area contributed by atoms with Crippen molar-refractivity contribution in [3.63, 3.8) is 0 Å². The van der Waals surface area contributed by atoms with E-state index in [0.29, 0.717) is 6.04 Å². The van der Waals surface area contributed by atoms with Gasteiger partial charge in [-0.05, 0) is 67.7 Å². The fraction of sp³-hybridized carbons (Fsp3) is 0.312. The van der Waals surface area contributed by atoms with Crippen molar-refractivity contribution >= 4 is 17.3 Å². The molecule has 0 spiro atoms. The highest BCUT2D eigenvalue weighted by atomic mass is 15.3. The van der Waals surface area contributed by atoms with Gasteiger partial charge in [0, 0.05) is 17.9 Å². The average Bonchev–Trinajstić information content (AvgIpc) is 2.97. The molecule has 3 nitrogen and oxygen atoms in total. The van der Waals surface area contributed by atoms with Gasteiger partial charge in [-0.3, -0.25) is 4.68 Å². The standard InChI is InChI=1S/C16H19N3/c1-11(2)19-8-7-15(18-19)10-13-4-3-12-9-14(17)5-6-16(12)13/h5-11H,3-4,17H2,1-2H3. The normalized spacial score (nSPS) is 16.3. The van der Waals surface area contributed by atoms with Crippen molar-refractivity contribution < 1.29 is 0 Å². The molecule has 0 saturated carbocycles. The summed E-state index contributed by atoms with van der Waals surface area (Å²) in [6.07, 6.45) is 6.39. The Labute approximate surface area is 113 Å². The number of aryl methyl sites for hydroxylation is 1. The first-order valence-electron chi connectivity index (χ1n) is 6.78. The predicted molar refractivity (Wildman–Crippen MR) is 79.7 cm³/mol. The van der Waals surface area contributed by atoms with Gasteiger partial charge in [0.2, 0.25) is 0 Å². The Hall–Kier alpha value is -2.03. The molecule has 3 rings (SSSR count). The number of anilines is 1. The fourth-order valence-corrected chi connectivity index (χ4v) is 2.58. The topological polar surface area (TPSA) is 43.8 Å². The molecule has 0 fully saturated rings. The Morgan fingerprint density at radius 2 is 2.11 bits per heavy atom. The van der Waals surface area contributed by atoms with Gasteiger partial charge in [-0.25, -0.2) is 0 Å². The van der Waals surface area contributed by atoms with Crippen LogP contribution in [0.4, 0.5) is 5.69 Å². The van der Waals surface area contributed by atoms with E-state index in [1.54, 1.807) is 0 Å². The van der Waals surface area contributed by atoms with Gasteiger partial charge >= 0.3 is 0 Å². The van der Waals surface area contributed by atoms with Crippen LogP contribution in [0.1, 0.15) is 43.1 Å². The third-order valence-corrected chi connectivity index (χ3v) is 3.62. The number of hydrogen-bond acceptors (Lipinski definition) is 2.